The molecule has 10 heavy (non-hydrogen) atoms. The maximum absolute atomic E-state index is 7.32. The zero-order valence-electron chi connectivity index (χ0n) is 7.60. The standard InChI is InChI=1S/C6H15N.CN.Li/c1-5(2)7-6(3)4;1-2;/h5-7H,1-4H3;;. The fourth-order valence-corrected chi connectivity index (χ4v) is 0.667. The van der Waals surface area contributed by atoms with E-state index in [2.05, 4.69) is 33.0 Å². The van der Waals surface area contributed by atoms with Crippen LogP contribution in [0.25, 0.3) is 0 Å². The third-order valence-electron chi connectivity index (χ3n) is 0.667. The molecule has 0 unspecified atom stereocenters. The van der Waals surface area contributed by atoms with Crippen LogP contribution in [0.1, 0.15) is 27.7 Å². The van der Waals surface area contributed by atoms with Crippen LogP contribution in [-0.2, 0) is 0 Å². The second kappa shape index (κ2) is 9.05. The third-order valence-corrected chi connectivity index (χ3v) is 0.667. The normalized spacial score (nSPS) is 8.70. The fourth-order valence-electron chi connectivity index (χ4n) is 0.667. The van der Waals surface area contributed by atoms with Crippen LogP contribution in [0, 0.1) is 10.0 Å². The predicted octanol–water partition coefficient (Wildman–Crippen LogP) is 1.03. The number of hydrogen-bond donors (Lipinski definition) is 1. The molecule has 2 nitrogen and oxygen atoms in total. The van der Waals surface area contributed by atoms with Gasteiger partial charge in [0.25, 0.3) is 0 Å². The van der Waals surface area contributed by atoms with Gasteiger partial charge in [0.05, 0.1) is 0 Å². The van der Waals surface area contributed by atoms with Crippen molar-refractivity contribution >= 4 is 17.7 Å². The Labute approximate surface area is 73.2 Å². The maximum atomic E-state index is 7.32. The van der Waals surface area contributed by atoms with E-state index in [1.54, 1.807) is 4.74 Å². The minimum absolute atomic E-state index is 0.625. The van der Waals surface area contributed by atoms with E-state index in [1.165, 1.54) is 17.7 Å². The van der Waals surface area contributed by atoms with Gasteiger partial charge in [0.2, 0.25) is 0 Å². The van der Waals surface area contributed by atoms with E-state index in [1.807, 2.05) is 0 Å². The van der Waals surface area contributed by atoms with Crippen molar-refractivity contribution in [2.75, 3.05) is 0 Å². The van der Waals surface area contributed by atoms with Crippen molar-refractivity contribution in [1.29, 1.82) is 5.26 Å². The monoisotopic (exact) mass is 134 g/mol. The van der Waals surface area contributed by atoms with Gasteiger partial charge in [0.15, 0.2) is 0 Å². The van der Waals surface area contributed by atoms with Gasteiger partial charge < -0.3 is 5.32 Å². The zero-order chi connectivity index (χ0) is 8.57. The summed E-state index contributed by atoms with van der Waals surface area (Å²) in [7, 11) is 0. The van der Waals surface area contributed by atoms with Crippen LogP contribution in [0.3, 0.4) is 0 Å². The molecule has 0 aliphatic rings. The van der Waals surface area contributed by atoms with Gasteiger partial charge in [0.1, 0.15) is 0 Å². The molecule has 0 saturated carbocycles. The average Bonchev–Trinajstić information content (AvgIpc) is 1.62. The average molecular weight is 134 g/mol. The van der Waals surface area contributed by atoms with Crippen molar-refractivity contribution < 1.29 is 0 Å². The van der Waals surface area contributed by atoms with Crippen molar-refractivity contribution in [3.63, 3.8) is 0 Å². The summed E-state index contributed by atoms with van der Waals surface area (Å²) >= 11 is 1.43. The summed E-state index contributed by atoms with van der Waals surface area (Å²) in [5.74, 6) is 0. The Morgan fingerprint density at radius 1 is 1.20 bits per heavy atom. The van der Waals surface area contributed by atoms with Crippen molar-refractivity contribution in [2.24, 2.45) is 0 Å². The van der Waals surface area contributed by atoms with Crippen LogP contribution < -0.4 is 5.32 Å². The van der Waals surface area contributed by atoms with Gasteiger partial charge in [-0.05, 0) is 0 Å². The fraction of sp³-hybridized carbons (Fsp3) is 0.857. The molecular formula is C7H15LiN2. The van der Waals surface area contributed by atoms with E-state index in [0.717, 1.165) is 0 Å². The number of nitrogens with one attached hydrogen (secondary N) is 1. The molecule has 0 aliphatic carbocycles. The number of hydrogen-bond acceptors (Lipinski definition) is 2. The topological polar surface area (TPSA) is 35.8 Å². The Hall–Kier alpha value is 0.0474. The Balaban J connectivity index is 0. The van der Waals surface area contributed by atoms with Crippen LogP contribution in [0.5, 0.6) is 0 Å². The Morgan fingerprint density at radius 3 is 1.40 bits per heavy atom. The second-order valence-electron chi connectivity index (χ2n) is 2.70. The van der Waals surface area contributed by atoms with E-state index in [4.69, 9.17) is 5.26 Å². The Morgan fingerprint density at radius 2 is 1.40 bits per heavy atom. The molecule has 0 amide bonds. The molecule has 0 heterocycles. The summed E-state index contributed by atoms with van der Waals surface area (Å²) in [5.41, 5.74) is 0. The van der Waals surface area contributed by atoms with E-state index < -0.39 is 0 Å². The summed E-state index contributed by atoms with van der Waals surface area (Å²) < 4.78 is 1.75. The van der Waals surface area contributed by atoms with E-state index in [0.29, 0.717) is 12.1 Å². The summed E-state index contributed by atoms with van der Waals surface area (Å²) in [6.45, 7) is 8.61. The van der Waals surface area contributed by atoms with Gasteiger partial charge in [-0.3, -0.25) is 0 Å². The molecule has 3 heteroatoms. The van der Waals surface area contributed by atoms with Gasteiger partial charge in [-0.2, -0.15) is 0 Å². The summed E-state index contributed by atoms with van der Waals surface area (Å²) in [5, 5.41) is 10.6. The van der Waals surface area contributed by atoms with Crippen LogP contribution in [0.2, 0.25) is 0 Å². The first-order valence-electron chi connectivity index (χ1n) is 3.61. The van der Waals surface area contributed by atoms with Crippen molar-refractivity contribution in [2.45, 2.75) is 39.8 Å². The summed E-state index contributed by atoms with van der Waals surface area (Å²) in [4.78, 5) is 0. The molecular weight excluding hydrogens is 119 g/mol. The molecule has 1 N–H and O–H groups in total. The molecule has 0 saturated heterocycles. The first kappa shape index (κ1) is 12.7. The van der Waals surface area contributed by atoms with Gasteiger partial charge in [-0.15, -0.1) is 0 Å². The zero-order valence-corrected chi connectivity index (χ0v) is 7.60. The van der Waals surface area contributed by atoms with Crippen LogP contribution in [-0.4, -0.2) is 29.8 Å². The number of nitriles is 1. The van der Waals surface area contributed by atoms with Crippen molar-refractivity contribution in [1.82, 2.24) is 5.32 Å². The van der Waals surface area contributed by atoms with Crippen LogP contribution in [0.15, 0.2) is 0 Å². The van der Waals surface area contributed by atoms with Gasteiger partial charge in [-0.25, -0.2) is 0 Å². The second-order valence-corrected chi connectivity index (χ2v) is 2.70. The third kappa shape index (κ3) is 24.4. The first-order chi connectivity index (χ1) is 4.54. The van der Waals surface area contributed by atoms with Crippen molar-refractivity contribution in [3.8, 4) is 4.74 Å². The first-order valence-corrected chi connectivity index (χ1v) is 3.61. The molecule has 0 aromatic rings. The molecule has 0 atom stereocenters. The van der Waals surface area contributed by atoms with E-state index in [9.17, 15) is 0 Å². The molecule has 0 bridgehead atoms. The Kier molecular flexibility index (Phi) is 11.5. The summed E-state index contributed by atoms with van der Waals surface area (Å²) in [6.07, 6.45) is 0. The van der Waals surface area contributed by atoms with E-state index >= 15 is 0 Å². The minimum atomic E-state index is 0.625. The van der Waals surface area contributed by atoms with E-state index in [-0.39, 0.29) is 0 Å². The molecule has 0 fully saturated rings. The SMILES string of the molecule is CC(C)NC(C)C.[Li][C]#N. The molecule has 54 valence electrons. The molecule has 0 spiro atoms. The van der Waals surface area contributed by atoms with Crippen molar-refractivity contribution in [3.05, 3.63) is 0 Å². The number of rotatable bonds is 2. The van der Waals surface area contributed by atoms with Gasteiger partial charge >= 0.3 is 27.7 Å². The Bertz CT molecular complexity index is 88.3. The van der Waals surface area contributed by atoms with Gasteiger partial charge in [-0.1, -0.05) is 27.7 Å². The predicted molar refractivity (Wildman–Crippen MR) is 44.8 cm³/mol. The van der Waals surface area contributed by atoms with Gasteiger partial charge in [0, 0.05) is 12.1 Å². The van der Waals surface area contributed by atoms with Crippen LogP contribution >= 0.6 is 0 Å². The van der Waals surface area contributed by atoms with Crippen LogP contribution in [0.4, 0.5) is 0 Å². The quantitative estimate of drug-likeness (QED) is 0.572. The molecule has 0 rings (SSSR count). The molecule has 0 radical (unpaired) electrons. The molecule has 0 aromatic carbocycles. The molecule has 0 aromatic heterocycles. The summed E-state index contributed by atoms with van der Waals surface area (Å²) in [6, 6.07) is 1.25. The molecule has 0 aliphatic heterocycles. The number of nitrogens with zero attached hydrogens (tertiary/aromatic N) is 1.